The molecule has 4 nitrogen and oxygen atoms in total. The lowest BCUT2D eigenvalue weighted by molar-refractivity contribution is 0.297. The lowest BCUT2D eigenvalue weighted by atomic mass is 10.1. The molecule has 0 aliphatic carbocycles. The molecule has 20 heavy (non-hydrogen) atoms. The third kappa shape index (κ3) is 3.14. The second-order valence-electron chi connectivity index (χ2n) is 4.12. The Balaban J connectivity index is 2.22. The summed E-state index contributed by atoms with van der Waals surface area (Å²) in [5.41, 5.74) is 7.58. The van der Waals surface area contributed by atoms with Gasteiger partial charge in [0.15, 0.2) is 0 Å². The molecule has 0 saturated carbocycles. The van der Waals surface area contributed by atoms with E-state index in [0.717, 1.165) is 5.56 Å². The van der Waals surface area contributed by atoms with Crippen LogP contribution in [0.25, 0.3) is 0 Å². The van der Waals surface area contributed by atoms with E-state index in [9.17, 15) is 0 Å². The number of benzene rings is 2. The fourth-order valence-corrected chi connectivity index (χ4v) is 1.92. The van der Waals surface area contributed by atoms with Gasteiger partial charge in [0.1, 0.15) is 18.1 Å². The van der Waals surface area contributed by atoms with Crippen LogP contribution in [0.15, 0.2) is 36.4 Å². The molecule has 0 unspecified atom stereocenters. The molecule has 0 atom stereocenters. The van der Waals surface area contributed by atoms with Gasteiger partial charge in [-0.2, -0.15) is 5.26 Å². The Kier molecular flexibility index (Phi) is 4.34. The Morgan fingerprint density at radius 3 is 2.70 bits per heavy atom. The van der Waals surface area contributed by atoms with E-state index in [-0.39, 0.29) is 6.61 Å². The van der Waals surface area contributed by atoms with Crippen LogP contribution in [0.3, 0.4) is 0 Å². The van der Waals surface area contributed by atoms with Crippen LogP contribution in [-0.2, 0) is 6.61 Å². The fraction of sp³-hybridized carbons (Fsp3) is 0.133. The number of nitrogens with zero attached hydrogens (tertiary/aromatic N) is 1. The maximum atomic E-state index is 8.92. The fourth-order valence-electron chi connectivity index (χ4n) is 1.75. The van der Waals surface area contributed by atoms with E-state index >= 15 is 0 Å². The number of rotatable bonds is 4. The molecule has 0 amide bonds. The van der Waals surface area contributed by atoms with Gasteiger partial charge in [-0.05, 0) is 30.3 Å². The summed E-state index contributed by atoms with van der Waals surface area (Å²) in [7, 11) is 1.57. The van der Waals surface area contributed by atoms with E-state index < -0.39 is 0 Å². The van der Waals surface area contributed by atoms with Crippen molar-refractivity contribution in [2.45, 2.75) is 6.61 Å². The van der Waals surface area contributed by atoms with Crippen LogP contribution in [-0.4, -0.2) is 7.11 Å². The number of nitriles is 1. The molecule has 0 fully saturated rings. The molecule has 0 aliphatic heterocycles. The summed E-state index contributed by atoms with van der Waals surface area (Å²) in [6, 6.07) is 12.3. The van der Waals surface area contributed by atoms with Crippen molar-refractivity contribution in [1.29, 1.82) is 5.26 Å². The Labute approximate surface area is 122 Å². The molecule has 2 N–H and O–H groups in total. The van der Waals surface area contributed by atoms with Gasteiger partial charge in [-0.15, -0.1) is 0 Å². The summed E-state index contributed by atoms with van der Waals surface area (Å²) in [6.45, 7) is 0.238. The summed E-state index contributed by atoms with van der Waals surface area (Å²) in [5.74, 6) is 1.15. The summed E-state index contributed by atoms with van der Waals surface area (Å²) in [4.78, 5) is 0. The molecular weight excluding hydrogens is 276 g/mol. The normalized spacial score (nSPS) is 9.85. The van der Waals surface area contributed by atoms with Crippen molar-refractivity contribution in [1.82, 2.24) is 0 Å². The average Bonchev–Trinajstić information content (AvgIpc) is 2.47. The minimum Gasteiger partial charge on any atom is -0.496 e. The van der Waals surface area contributed by atoms with Crippen LogP contribution in [0.4, 0.5) is 5.69 Å². The molecule has 0 bridgehead atoms. The number of methoxy groups -OCH3 is 1. The van der Waals surface area contributed by atoms with E-state index in [0.29, 0.717) is 27.8 Å². The summed E-state index contributed by atoms with van der Waals surface area (Å²) in [6.07, 6.45) is 0. The molecule has 0 spiro atoms. The molecule has 5 heteroatoms. The zero-order valence-corrected chi connectivity index (χ0v) is 11.6. The first-order chi connectivity index (χ1) is 9.63. The number of nitrogen functional groups attached to an aromatic ring is 1. The number of ether oxygens (including phenoxy) is 2. The smallest absolute Gasteiger partial charge is 0.140 e. The Bertz CT molecular complexity index is 665. The summed E-state index contributed by atoms with van der Waals surface area (Å²) in [5, 5.41) is 9.40. The van der Waals surface area contributed by atoms with Crippen molar-refractivity contribution in [3.8, 4) is 17.6 Å². The summed E-state index contributed by atoms with van der Waals surface area (Å²) < 4.78 is 10.9. The maximum Gasteiger partial charge on any atom is 0.140 e. The highest BCUT2D eigenvalue weighted by Gasteiger charge is 2.08. The third-order valence-electron chi connectivity index (χ3n) is 2.75. The minimum absolute atomic E-state index is 0.238. The second-order valence-corrected chi connectivity index (χ2v) is 4.52. The van der Waals surface area contributed by atoms with Gasteiger partial charge in [0.2, 0.25) is 0 Å². The van der Waals surface area contributed by atoms with Crippen molar-refractivity contribution in [3.63, 3.8) is 0 Å². The van der Waals surface area contributed by atoms with Gasteiger partial charge in [-0.1, -0.05) is 11.6 Å². The molecule has 2 rings (SSSR count). The zero-order chi connectivity index (χ0) is 14.5. The zero-order valence-electron chi connectivity index (χ0n) is 10.9. The van der Waals surface area contributed by atoms with Crippen LogP contribution < -0.4 is 15.2 Å². The first-order valence-electron chi connectivity index (χ1n) is 5.89. The van der Waals surface area contributed by atoms with E-state index in [2.05, 4.69) is 6.07 Å². The highest BCUT2D eigenvalue weighted by atomic mass is 35.5. The van der Waals surface area contributed by atoms with Crippen molar-refractivity contribution in [2.24, 2.45) is 0 Å². The van der Waals surface area contributed by atoms with Gasteiger partial charge in [-0.3, -0.25) is 0 Å². The van der Waals surface area contributed by atoms with Gasteiger partial charge in [0, 0.05) is 17.3 Å². The quantitative estimate of drug-likeness (QED) is 0.876. The van der Waals surface area contributed by atoms with Gasteiger partial charge < -0.3 is 15.2 Å². The molecule has 2 aromatic carbocycles. The molecule has 0 aliphatic rings. The van der Waals surface area contributed by atoms with Crippen LogP contribution in [0, 0.1) is 11.3 Å². The van der Waals surface area contributed by atoms with Crippen LogP contribution in [0.1, 0.15) is 11.1 Å². The number of hydrogen-bond acceptors (Lipinski definition) is 4. The van der Waals surface area contributed by atoms with Gasteiger partial charge >= 0.3 is 0 Å². The second kappa shape index (κ2) is 6.18. The largest absolute Gasteiger partial charge is 0.496 e. The molecule has 0 radical (unpaired) electrons. The topological polar surface area (TPSA) is 68.3 Å². The number of anilines is 1. The predicted octanol–water partition coefficient (Wildman–Crippen LogP) is 3.38. The summed E-state index contributed by atoms with van der Waals surface area (Å²) >= 11 is 6.03. The first-order valence-corrected chi connectivity index (χ1v) is 6.26. The monoisotopic (exact) mass is 288 g/mol. The highest BCUT2D eigenvalue weighted by Crippen LogP contribution is 2.28. The lowest BCUT2D eigenvalue weighted by Gasteiger charge is -2.12. The standard InChI is InChI=1S/C15H13ClN2O2/c1-19-14-5-2-10(8-17)6-11(14)9-20-15-7-12(18)3-4-13(15)16/h2-7H,9,18H2,1H3. The van der Waals surface area contributed by atoms with E-state index in [1.807, 2.05) is 0 Å². The van der Waals surface area contributed by atoms with Crippen LogP contribution in [0.5, 0.6) is 11.5 Å². The molecule has 0 heterocycles. The molecule has 2 aromatic rings. The molecule has 102 valence electrons. The van der Waals surface area contributed by atoms with Crippen molar-refractivity contribution in [2.75, 3.05) is 12.8 Å². The molecule has 0 aromatic heterocycles. The molecule has 0 saturated heterocycles. The average molecular weight is 289 g/mol. The van der Waals surface area contributed by atoms with Crippen molar-refractivity contribution >= 4 is 17.3 Å². The number of halogens is 1. The maximum absolute atomic E-state index is 8.92. The number of nitrogens with two attached hydrogens (primary N) is 1. The predicted molar refractivity (Wildman–Crippen MR) is 77.9 cm³/mol. The highest BCUT2D eigenvalue weighted by molar-refractivity contribution is 6.32. The van der Waals surface area contributed by atoms with Crippen LogP contribution in [0.2, 0.25) is 5.02 Å². The van der Waals surface area contributed by atoms with Crippen molar-refractivity contribution in [3.05, 3.63) is 52.5 Å². The van der Waals surface area contributed by atoms with Gasteiger partial charge in [-0.25, -0.2) is 0 Å². The molecular formula is C15H13ClN2O2. The SMILES string of the molecule is COc1ccc(C#N)cc1COc1cc(N)ccc1Cl. The van der Waals surface area contributed by atoms with Crippen molar-refractivity contribution < 1.29 is 9.47 Å². The minimum atomic E-state index is 0.238. The van der Waals surface area contributed by atoms with Gasteiger partial charge in [0.05, 0.1) is 23.8 Å². The van der Waals surface area contributed by atoms with E-state index in [1.165, 1.54) is 0 Å². The Hall–Kier alpha value is -2.38. The van der Waals surface area contributed by atoms with Crippen LogP contribution >= 0.6 is 11.6 Å². The Morgan fingerprint density at radius 2 is 2.00 bits per heavy atom. The third-order valence-corrected chi connectivity index (χ3v) is 3.06. The first kappa shape index (κ1) is 14.0. The number of hydrogen-bond donors (Lipinski definition) is 1. The van der Waals surface area contributed by atoms with E-state index in [4.69, 9.17) is 32.1 Å². The van der Waals surface area contributed by atoms with E-state index in [1.54, 1.807) is 43.5 Å². The lowest BCUT2D eigenvalue weighted by Crippen LogP contribution is -2.00. The van der Waals surface area contributed by atoms with Gasteiger partial charge in [0.25, 0.3) is 0 Å². The Morgan fingerprint density at radius 1 is 1.20 bits per heavy atom.